The normalized spacial score (nSPS) is 21.4. The number of nitrogens with two attached hydrogens (primary N) is 1. The summed E-state index contributed by atoms with van der Waals surface area (Å²) < 4.78 is 5.28. The van der Waals surface area contributed by atoms with Crippen molar-refractivity contribution < 1.29 is 9.53 Å². The SMILES string of the molecule is CC(CNC(=O)C(C)N)CN1CCOCC1. The molecule has 1 saturated heterocycles. The number of morpholine rings is 1. The largest absolute Gasteiger partial charge is 0.379 e. The summed E-state index contributed by atoms with van der Waals surface area (Å²) in [6, 6.07) is -0.421. The van der Waals surface area contributed by atoms with E-state index in [2.05, 4.69) is 17.1 Å². The molecule has 2 atom stereocenters. The smallest absolute Gasteiger partial charge is 0.236 e. The molecule has 0 bridgehead atoms. The third kappa shape index (κ3) is 4.92. The van der Waals surface area contributed by atoms with Gasteiger partial charge in [0.25, 0.3) is 0 Å². The standard InChI is InChI=1S/C11H23N3O2/c1-9(7-13-11(15)10(2)12)8-14-3-5-16-6-4-14/h9-10H,3-8,12H2,1-2H3,(H,13,15). The van der Waals surface area contributed by atoms with Gasteiger partial charge in [0.15, 0.2) is 0 Å². The Morgan fingerprint density at radius 2 is 2.06 bits per heavy atom. The molecule has 0 aromatic heterocycles. The number of hydrogen-bond donors (Lipinski definition) is 2. The first kappa shape index (κ1) is 13.4. The average molecular weight is 229 g/mol. The number of hydrogen-bond acceptors (Lipinski definition) is 4. The van der Waals surface area contributed by atoms with Crippen molar-refractivity contribution in [1.29, 1.82) is 0 Å². The molecule has 0 aromatic carbocycles. The maximum Gasteiger partial charge on any atom is 0.236 e. The summed E-state index contributed by atoms with van der Waals surface area (Å²) in [6.07, 6.45) is 0. The molecule has 5 nitrogen and oxygen atoms in total. The molecule has 3 N–H and O–H groups in total. The molecule has 0 aromatic rings. The van der Waals surface area contributed by atoms with E-state index in [1.165, 1.54) is 0 Å². The van der Waals surface area contributed by atoms with Gasteiger partial charge >= 0.3 is 0 Å². The Morgan fingerprint density at radius 3 is 2.62 bits per heavy atom. The zero-order valence-corrected chi connectivity index (χ0v) is 10.2. The third-order valence-electron chi connectivity index (χ3n) is 2.71. The molecule has 0 spiro atoms. The first-order valence-corrected chi connectivity index (χ1v) is 5.93. The van der Waals surface area contributed by atoms with Crippen LogP contribution in [0.1, 0.15) is 13.8 Å². The van der Waals surface area contributed by atoms with Gasteiger partial charge in [0, 0.05) is 26.2 Å². The first-order chi connectivity index (χ1) is 7.59. The van der Waals surface area contributed by atoms with E-state index in [0.29, 0.717) is 12.5 Å². The predicted octanol–water partition coefficient (Wildman–Crippen LogP) is -0.582. The summed E-state index contributed by atoms with van der Waals surface area (Å²) in [5.74, 6) is 0.370. The molecule has 0 radical (unpaired) electrons. The van der Waals surface area contributed by atoms with Crippen LogP contribution in [0.4, 0.5) is 0 Å². The van der Waals surface area contributed by atoms with E-state index in [-0.39, 0.29) is 5.91 Å². The molecule has 1 fully saturated rings. The van der Waals surface area contributed by atoms with Crippen molar-refractivity contribution in [1.82, 2.24) is 10.2 Å². The molecule has 1 amide bonds. The van der Waals surface area contributed by atoms with Crippen LogP contribution in [0.5, 0.6) is 0 Å². The number of carbonyl (C=O) groups excluding carboxylic acids is 1. The molecule has 1 aliphatic heterocycles. The van der Waals surface area contributed by atoms with E-state index in [9.17, 15) is 4.79 Å². The Morgan fingerprint density at radius 1 is 1.44 bits per heavy atom. The molecule has 1 rings (SSSR count). The Labute approximate surface area is 97.3 Å². The zero-order chi connectivity index (χ0) is 12.0. The van der Waals surface area contributed by atoms with Crippen LogP contribution in [0, 0.1) is 5.92 Å². The number of nitrogens with zero attached hydrogens (tertiary/aromatic N) is 1. The highest BCUT2D eigenvalue weighted by atomic mass is 16.5. The van der Waals surface area contributed by atoms with Crippen LogP contribution >= 0.6 is 0 Å². The highest BCUT2D eigenvalue weighted by Gasteiger charge is 2.14. The minimum Gasteiger partial charge on any atom is -0.379 e. The van der Waals surface area contributed by atoms with Gasteiger partial charge in [-0.05, 0) is 12.8 Å². The van der Waals surface area contributed by atoms with Gasteiger partial charge in [-0.1, -0.05) is 6.92 Å². The molecule has 16 heavy (non-hydrogen) atoms. The van der Waals surface area contributed by atoms with Gasteiger partial charge < -0.3 is 15.8 Å². The monoisotopic (exact) mass is 229 g/mol. The zero-order valence-electron chi connectivity index (χ0n) is 10.2. The van der Waals surface area contributed by atoms with E-state index >= 15 is 0 Å². The van der Waals surface area contributed by atoms with Crippen molar-refractivity contribution in [2.75, 3.05) is 39.4 Å². The lowest BCUT2D eigenvalue weighted by Crippen LogP contribution is -2.44. The lowest BCUT2D eigenvalue weighted by Gasteiger charge is -2.29. The summed E-state index contributed by atoms with van der Waals surface area (Å²) in [6.45, 7) is 9.15. The second-order valence-electron chi connectivity index (χ2n) is 4.55. The minimum atomic E-state index is -0.421. The maximum atomic E-state index is 11.3. The lowest BCUT2D eigenvalue weighted by molar-refractivity contribution is -0.122. The number of carbonyl (C=O) groups is 1. The fraction of sp³-hybridized carbons (Fsp3) is 0.909. The van der Waals surface area contributed by atoms with Crippen LogP contribution in [0.3, 0.4) is 0 Å². The molecule has 0 saturated carbocycles. The van der Waals surface area contributed by atoms with Crippen molar-refractivity contribution in [2.24, 2.45) is 11.7 Å². The van der Waals surface area contributed by atoms with Crippen molar-refractivity contribution in [2.45, 2.75) is 19.9 Å². The van der Waals surface area contributed by atoms with Gasteiger partial charge in [0.1, 0.15) is 0 Å². The Hall–Kier alpha value is -0.650. The number of amides is 1. The lowest BCUT2D eigenvalue weighted by atomic mass is 10.1. The Bertz CT molecular complexity index is 215. The van der Waals surface area contributed by atoms with E-state index in [1.54, 1.807) is 6.92 Å². The van der Waals surface area contributed by atoms with E-state index in [1.807, 2.05) is 0 Å². The third-order valence-corrected chi connectivity index (χ3v) is 2.71. The van der Waals surface area contributed by atoms with Gasteiger partial charge in [0.05, 0.1) is 19.3 Å². The first-order valence-electron chi connectivity index (χ1n) is 5.93. The molecule has 2 unspecified atom stereocenters. The topological polar surface area (TPSA) is 67.6 Å². The Balaban J connectivity index is 2.14. The Kier molecular flexibility index (Phi) is 5.73. The van der Waals surface area contributed by atoms with Crippen LogP contribution in [0.2, 0.25) is 0 Å². The number of ether oxygens (including phenoxy) is 1. The molecule has 1 aliphatic rings. The molecule has 0 aliphatic carbocycles. The summed E-state index contributed by atoms with van der Waals surface area (Å²) in [7, 11) is 0. The molecule has 94 valence electrons. The van der Waals surface area contributed by atoms with E-state index in [0.717, 1.165) is 32.8 Å². The second-order valence-corrected chi connectivity index (χ2v) is 4.55. The van der Waals surface area contributed by atoms with Gasteiger partial charge in [-0.25, -0.2) is 0 Å². The predicted molar refractivity (Wildman–Crippen MR) is 63.1 cm³/mol. The van der Waals surface area contributed by atoms with Crippen LogP contribution in [0.25, 0.3) is 0 Å². The minimum absolute atomic E-state index is 0.0752. The maximum absolute atomic E-state index is 11.3. The molecular formula is C11H23N3O2. The van der Waals surface area contributed by atoms with Crippen molar-refractivity contribution in [3.8, 4) is 0 Å². The van der Waals surface area contributed by atoms with Crippen LogP contribution in [-0.2, 0) is 9.53 Å². The van der Waals surface area contributed by atoms with Crippen molar-refractivity contribution >= 4 is 5.91 Å². The van der Waals surface area contributed by atoms with E-state index < -0.39 is 6.04 Å². The fourth-order valence-electron chi connectivity index (χ4n) is 1.72. The summed E-state index contributed by atoms with van der Waals surface area (Å²) >= 11 is 0. The van der Waals surface area contributed by atoms with Gasteiger partial charge in [-0.3, -0.25) is 9.69 Å². The quantitative estimate of drug-likeness (QED) is 0.662. The van der Waals surface area contributed by atoms with Crippen LogP contribution in [-0.4, -0.2) is 56.2 Å². The van der Waals surface area contributed by atoms with Crippen molar-refractivity contribution in [3.05, 3.63) is 0 Å². The van der Waals surface area contributed by atoms with E-state index in [4.69, 9.17) is 10.5 Å². The summed E-state index contributed by atoms with van der Waals surface area (Å²) in [5.41, 5.74) is 5.47. The highest BCUT2D eigenvalue weighted by Crippen LogP contribution is 2.02. The number of nitrogens with one attached hydrogen (secondary N) is 1. The fourth-order valence-corrected chi connectivity index (χ4v) is 1.72. The van der Waals surface area contributed by atoms with Gasteiger partial charge in [-0.15, -0.1) is 0 Å². The van der Waals surface area contributed by atoms with Crippen molar-refractivity contribution in [3.63, 3.8) is 0 Å². The molecule has 5 heteroatoms. The summed E-state index contributed by atoms with van der Waals surface area (Å²) in [5, 5.41) is 2.85. The van der Waals surface area contributed by atoms with Gasteiger partial charge in [0.2, 0.25) is 5.91 Å². The number of rotatable bonds is 5. The molecular weight excluding hydrogens is 206 g/mol. The molecule has 1 heterocycles. The average Bonchev–Trinajstić information content (AvgIpc) is 2.27. The summed E-state index contributed by atoms with van der Waals surface area (Å²) in [4.78, 5) is 13.6. The van der Waals surface area contributed by atoms with Crippen LogP contribution < -0.4 is 11.1 Å². The highest BCUT2D eigenvalue weighted by molar-refractivity contribution is 5.80. The van der Waals surface area contributed by atoms with Gasteiger partial charge in [-0.2, -0.15) is 0 Å². The second kappa shape index (κ2) is 6.83. The van der Waals surface area contributed by atoms with Crippen LogP contribution in [0.15, 0.2) is 0 Å².